The van der Waals surface area contributed by atoms with Crippen molar-refractivity contribution < 1.29 is 13.2 Å². The number of aromatic nitrogens is 2. The van der Waals surface area contributed by atoms with Crippen LogP contribution in [0.1, 0.15) is 11.3 Å². The highest BCUT2D eigenvalue weighted by Gasteiger charge is 2.37. The maximum Gasteiger partial charge on any atom is 0.433 e. The number of benzene rings is 1. The van der Waals surface area contributed by atoms with Crippen LogP contribution in [0.25, 0.3) is 5.69 Å². The Morgan fingerprint density at radius 1 is 1.18 bits per heavy atom. The molecule has 17 heavy (non-hydrogen) atoms. The lowest BCUT2D eigenvalue weighted by molar-refractivity contribution is -0.143. The predicted molar refractivity (Wildman–Crippen MR) is 58.0 cm³/mol. The first-order chi connectivity index (χ1) is 7.89. The number of halogens is 4. The van der Waals surface area contributed by atoms with Gasteiger partial charge in [-0.2, -0.15) is 18.3 Å². The molecule has 0 saturated carbocycles. The fourth-order valence-electron chi connectivity index (χ4n) is 1.46. The Morgan fingerprint density at radius 3 is 2.29 bits per heavy atom. The van der Waals surface area contributed by atoms with Gasteiger partial charge in [0, 0.05) is 10.6 Å². The summed E-state index contributed by atoms with van der Waals surface area (Å²) in [7, 11) is 0. The molecule has 0 bridgehead atoms. The summed E-state index contributed by atoms with van der Waals surface area (Å²) in [6.07, 6.45) is -3.41. The number of hydrogen-bond acceptors (Lipinski definition) is 1. The molecule has 0 atom stereocenters. The molecular weight excluding hydrogens is 253 g/mol. The summed E-state index contributed by atoms with van der Waals surface area (Å²) in [5.74, 6) is 0. The van der Waals surface area contributed by atoms with Crippen molar-refractivity contribution in [2.24, 2.45) is 0 Å². The zero-order chi connectivity index (χ0) is 12.6. The van der Waals surface area contributed by atoms with Gasteiger partial charge in [-0.05, 0) is 31.2 Å². The quantitative estimate of drug-likeness (QED) is 0.763. The van der Waals surface area contributed by atoms with E-state index >= 15 is 0 Å². The molecule has 0 unspecified atom stereocenters. The molecule has 0 saturated heterocycles. The zero-order valence-corrected chi connectivity index (χ0v) is 9.26. The first-order valence-electron chi connectivity index (χ1n) is 4.62. The highest BCUT2D eigenvalue weighted by Crippen LogP contribution is 2.33. The molecule has 2 rings (SSSR count). The van der Waals surface area contributed by atoms with E-state index < -0.39 is 11.9 Å². The van der Waals surface area contributed by atoms with Crippen LogP contribution in [-0.4, -0.2) is 9.78 Å². The molecule has 2 nitrogen and oxygen atoms in total. The average Bonchev–Trinajstić information content (AvgIpc) is 2.61. The average molecular weight is 260 g/mol. The molecule has 1 aromatic carbocycles. The fraction of sp³-hybridized carbons (Fsp3) is 0.0909. The number of hydrogen-bond donors (Lipinski definition) is 0. The van der Waals surface area contributed by atoms with E-state index in [9.17, 15) is 13.2 Å². The zero-order valence-electron chi connectivity index (χ0n) is 8.50. The Balaban J connectivity index is 2.57. The van der Waals surface area contributed by atoms with E-state index in [1.54, 1.807) is 0 Å². The summed E-state index contributed by atoms with van der Waals surface area (Å²) in [6.45, 7) is 3.32. The Morgan fingerprint density at radius 2 is 1.76 bits per heavy atom. The predicted octanol–water partition coefficient (Wildman–Crippen LogP) is 3.73. The molecule has 0 N–H and O–H groups in total. The summed E-state index contributed by atoms with van der Waals surface area (Å²) in [4.78, 5) is 0. The minimum absolute atomic E-state index is 0.160. The highest BCUT2D eigenvalue weighted by molar-refractivity contribution is 6.30. The second-order valence-corrected chi connectivity index (χ2v) is 3.84. The first-order valence-corrected chi connectivity index (χ1v) is 5.00. The number of nitrogens with zero attached hydrogens (tertiary/aromatic N) is 2. The van der Waals surface area contributed by atoms with Crippen LogP contribution in [0.2, 0.25) is 5.02 Å². The van der Waals surface area contributed by atoms with Gasteiger partial charge < -0.3 is 0 Å². The Bertz CT molecular complexity index is 529. The number of rotatable bonds is 1. The molecule has 0 aliphatic carbocycles. The van der Waals surface area contributed by atoms with Crippen LogP contribution in [0.4, 0.5) is 13.2 Å². The molecular formula is C11H7ClF3N2. The van der Waals surface area contributed by atoms with E-state index in [2.05, 4.69) is 12.0 Å². The Labute approximate surface area is 101 Å². The molecule has 1 heterocycles. The van der Waals surface area contributed by atoms with E-state index in [1.165, 1.54) is 24.3 Å². The third kappa shape index (κ3) is 2.29. The van der Waals surface area contributed by atoms with Crippen LogP contribution in [0, 0.1) is 6.92 Å². The van der Waals surface area contributed by atoms with Crippen LogP contribution in [0.15, 0.2) is 30.5 Å². The summed E-state index contributed by atoms with van der Waals surface area (Å²) >= 11 is 5.67. The van der Waals surface area contributed by atoms with Gasteiger partial charge in [0.2, 0.25) is 0 Å². The standard InChI is InChI=1S/C11H7ClF3N2/c1-7-6-16-17(10(7)11(13,14)15)9-4-2-8(12)3-5-9/h2-6H,1H2. The first kappa shape index (κ1) is 12.0. The minimum atomic E-state index is -4.49. The molecule has 0 aliphatic rings. The lowest BCUT2D eigenvalue weighted by Gasteiger charge is -2.11. The van der Waals surface area contributed by atoms with Gasteiger partial charge in [-0.15, -0.1) is 0 Å². The van der Waals surface area contributed by atoms with Crippen LogP contribution in [-0.2, 0) is 6.18 Å². The van der Waals surface area contributed by atoms with E-state index in [0.717, 1.165) is 10.9 Å². The van der Waals surface area contributed by atoms with E-state index in [4.69, 9.17) is 11.6 Å². The molecule has 0 amide bonds. The maximum absolute atomic E-state index is 12.8. The minimum Gasteiger partial charge on any atom is -0.228 e. The van der Waals surface area contributed by atoms with Crippen molar-refractivity contribution in [1.29, 1.82) is 0 Å². The summed E-state index contributed by atoms with van der Waals surface area (Å²) in [5.41, 5.74) is -0.746. The van der Waals surface area contributed by atoms with Crippen molar-refractivity contribution in [2.75, 3.05) is 0 Å². The van der Waals surface area contributed by atoms with Crippen LogP contribution in [0.5, 0.6) is 0 Å². The molecule has 1 aromatic heterocycles. The van der Waals surface area contributed by atoms with Gasteiger partial charge in [-0.25, -0.2) is 4.68 Å². The van der Waals surface area contributed by atoms with Gasteiger partial charge in [-0.1, -0.05) is 11.6 Å². The summed E-state index contributed by atoms with van der Waals surface area (Å²) < 4.78 is 39.1. The molecule has 2 aromatic rings. The van der Waals surface area contributed by atoms with Crippen LogP contribution < -0.4 is 0 Å². The largest absolute Gasteiger partial charge is 0.433 e. The molecule has 0 aliphatic heterocycles. The molecule has 0 spiro atoms. The van der Waals surface area contributed by atoms with Crippen molar-refractivity contribution in [3.8, 4) is 5.69 Å². The lowest BCUT2D eigenvalue weighted by atomic mass is 10.2. The SMILES string of the molecule is [CH2]c1cnn(-c2ccc(Cl)cc2)c1C(F)(F)F. The second kappa shape index (κ2) is 4.07. The molecule has 89 valence electrons. The van der Waals surface area contributed by atoms with Crippen LogP contribution >= 0.6 is 11.6 Å². The molecule has 1 radical (unpaired) electrons. The monoisotopic (exact) mass is 259 g/mol. The summed E-state index contributed by atoms with van der Waals surface area (Å²) in [5, 5.41) is 4.12. The smallest absolute Gasteiger partial charge is 0.228 e. The van der Waals surface area contributed by atoms with Gasteiger partial charge in [0.25, 0.3) is 0 Å². The van der Waals surface area contributed by atoms with Crippen molar-refractivity contribution in [3.63, 3.8) is 0 Å². The van der Waals surface area contributed by atoms with Gasteiger partial charge in [-0.3, -0.25) is 0 Å². The molecule has 0 fully saturated rings. The van der Waals surface area contributed by atoms with Crippen molar-refractivity contribution in [1.82, 2.24) is 9.78 Å². The third-order valence-corrected chi connectivity index (χ3v) is 2.44. The Kier molecular flexibility index (Phi) is 2.87. The van der Waals surface area contributed by atoms with Gasteiger partial charge in [0.05, 0.1) is 11.9 Å². The van der Waals surface area contributed by atoms with Crippen LogP contribution in [0.3, 0.4) is 0 Å². The fourth-order valence-corrected chi connectivity index (χ4v) is 1.59. The van der Waals surface area contributed by atoms with E-state index in [-0.39, 0.29) is 11.3 Å². The maximum atomic E-state index is 12.8. The number of alkyl halides is 3. The van der Waals surface area contributed by atoms with Gasteiger partial charge in [0.1, 0.15) is 0 Å². The molecule has 6 heteroatoms. The lowest BCUT2D eigenvalue weighted by Crippen LogP contribution is -2.14. The van der Waals surface area contributed by atoms with E-state index in [1.807, 2.05) is 0 Å². The van der Waals surface area contributed by atoms with Gasteiger partial charge in [0.15, 0.2) is 5.69 Å². The van der Waals surface area contributed by atoms with Crippen molar-refractivity contribution in [3.05, 3.63) is 53.7 Å². The van der Waals surface area contributed by atoms with E-state index in [0.29, 0.717) is 5.02 Å². The normalized spacial score (nSPS) is 11.8. The topological polar surface area (TPSA) is 17.8 Å². The third-order valence-electron chi connectivity index (χ3n) is 2.18. The highest BCUT2D eigenvalue weighted by atomic mass is 35.5. The Hall–Kier alpha value is -1.49. The summed E-state index contributed by atoms with van der Waals surface area (Å²) in [6, 6.07) is 5.93. The van der Waals surface area contributed by atoms with Crippen molar-refractivity contribution >= 4 is 11.6 Å². The second-order valence-electron chi connectivity index (χ2n) is 3.40. The van der Waals surface area contributed by atoms with Gasteiger partial charge >= 0.3 is 6.18 Å². The van der Waals surface area contributed by atoms with Crippen molar-refractivity contribution in [2.45, 2.75) is 6.18 Å².